The number of fused-ring (bicyclic) bond motifs is 1. The predicted octanol–water partition coefficient (Wildman–Crippen LogP) is 7.73. The van der Waals surface area contributed by atoms with Crippen molar-refractivity contribution in [2.24, 2.45) is 5.92 Å². The molecular formula is C35H32Cl2N4O4S. The van der Waals surface area contributed by atoms with E-state index in [-0.39, 0.29) is 6.54 Å². The summed E-state index contributed by atoms with van der Waals surface area (Å²) in [5.41, 5.74) is 3.67. The molecule has 1 aliphatic carbocycles. The highest BCUT2D eigenvalue weighted by Crippen LogP contribution is 2.33. The molecule has 4 aromatic carbocycles. The third-order valence-electron chi connectivity index (χ3n) is 8.67. The lowest BCUT2D eigenvalue weighted by Gasteiger charge is -2.21. The number of carbonyl (C=O) groups excluding carboxylic acids is 1. The van der Waals surface area contributed by atoms with Gasteiger partial charge in [-0.1, -0.05) is 66.7 Å². The van der Waals surface area contributed by atoms with Gasteiger partial charge in [-0.05, 0) is 89.7 Å². The summed E-state index contributed by atoms with van der Waals surface area (Å²) in [6.45, 7) is 0.517. The summed E-state index contributed by atoms with van der Waals surface area (Å²) in [5, 5.41) is 3.25. The normalized spacial score (nSPS) is 16.6. The summed E-state index contributed by atoms with van der Waals surface area (Å²) in [6.07, 6.45) is 8.88. The predicted molar refractivity (Wildman–Crippen MR) is 182 cm³/mol. The molecule has 0 unspecified atom stereocenters. The molecule has 1 aromatic heterocycles. The molecule has 7 rings (SSSR count). The summed E-state index contributed by atoms with van der Waals surface area (Å²) in [6, 6.07) is 24.9. The maximum absolute atomic E-state index is 12.4. The quantitative estimate of drug-likeness (QED) is 0.182. The Labute approximate surface area is 278 Å². The molecule has 1 N–H and O–H groups in total. The molecule has 0 bridgehead atoms. The Balaban J connectivity index is 1.18. The van der Waals surface area contributed by atoms with E-state index in [0.717, 1.165) is 50.1 Å². The van der Waals surface area contributed by atoms with Crippen LogP contribution >= 0.6 is 23.2 Å². The van der Waals surface area contributed by atoms with Crippen LogP contribution in [-0.4, -0.2) is 37.0 Å². The zero-order valence-electron chi connectivity index (χ0n) is 25.0. The first-order valence-electron chi connectivity index (χ1n) is 15.3. The van der Waals surface area contributed by atoms with Gasteiger partial charge in [-0.2, -0.15) is 8.42 Å². The lowest BCUT2D eigenvalue weighted by Crippen LogP contribution is -2.29. The average Bonchev–Trinajstić information content (AvgIpc) is 3.58. The SMILES string of the molecule is O=C1CN(c2ccc(-n3cc(-c4ccc(Cl)cc4Cl)nc3Cc3ccc4cc(OCC5CCCCC5)ccc4c3)cc2)S(=O)(=O)N1. The van der Waals surface area contributed by atoms with Crippen molar-refractivity contribution < 1.29 is 17.9 Å². The van der Waals surface area contributed by atoms with Gasteiger partial charge in [-0.15, -0.1) is 0 Å². The number of amides is 1. The van der Waals surface area contributed by atoms with Gasteiger partial charge in [0.15, 0.2) is 0 Å². The highest BCUT2D eigenvalue weighted by molar-refractivity contribution is 7.92. The van der Waals surface area contributed by atoms with Crippen LogP contribution < -0.4 is 13.8 Å². The molecule has 2 aliphatic rings. The van der Waals surface area contributed by atoms with E-state index >= 15 is 0 Å². The molecule has 2 fully saturated rings. The fourth-order valence-corrected chi connectivity index (χ4v) is 7.93. The maximum Gasteiger partial charge on any atom is 0.326 e. The summed E-state index contributed by atoms with van der Waals surface area (Å²) >= 11 is 12.7. The Hall–Kier alpha value is -4.05. The van der Waals surface area contributed by atoms with E-state index in [1.807, 2.05) is 27.6 Å². The van der Waals surface area contributed by atoms with E-state index < -0.39 is 16.1 Å². The second-order valence-corrected chi connectivity index (χ2v) is 14.4. The van der Waals surface area contributed by atoms with Crippen molar-refractivity contribution in [3.05, 3.63) is 106 Å². The van der Waals surface area contributed by atoms with Crippen molar-refractivity contribution in [2.75, 3.05) is 17.5 Å². The van der Waals surface area contributed by atoms with Crippen LogP contribution in [-0.2, 0) is 21.4 Å². The third-order valence-corrected chi connectivity index (χ3v) is 10.6. The monoisotopic (exact) mass is 674 g/mol. The highest BCUT2D eigenvalue weighted by Gasteiger charge is 2.34. The van der Waals surface area contributed by atoms with Gasteiger partial charge in [0.1, 0.15) is 18.1 Å². The van der Waals surface area contributed by atoms with E-state index in [1.54, 1.807) is 36.4 Å². The van der Waals surface area contributed by atoms with Gasteiger partial charge in [0, 0.05) is 28.9 Å². The van der Waals surface area contributed by atoms with Crippen LogP contribution in [0, 0.1) is 5.92 Å². The van der Waals surface area contributed by atoms with Gasteiger partial charge >= 0.3 is 10.2 Å². The number of hydrogen-bond acceptors (Lipinski definition) is 5. The molecule has 0 radical (unpaired) electrons. The van der Waals surface area contributed by atoms with E-state index in [1.165, 1.54) is 32.1 Å². The van der Waals surface area contributed by atoms with Gasteiger partial charge in [-0.25, -0.2) is 14.0 Å². The molecule has 236 valence electrons. The molecule has 1 amide bonds. The Morgan fingerprint density at radius 1 is 0.870 bits per heavy atom. The van der Waals surface area contributed by atoms with Crippen LogP contribution in [0.3, 0.4) is 0 Å². The molecule has 0 spiro atoms. The van der Waals surface area contributed by atoms with Crippen molar-refractivity contribution in [3.8, 4) is 22.7 Å². The smallest absolute Gasteiger partial charge is 0.326 e. The zero-order chi connectivity index (χ0) is 31.8. The number of benzene rings is 4. The van der Waals surface area contributed by atoms with Crippen LogP contribution in [0.15, 0.2) is 85.1 Å². The number of halogens is 2. The summed E-state index contributed by atoms with van der Waals surface area (Å²) < 4.78 is 35.9. The van der Waals surface area contributed by atoms with E-state index in [9.17, 15) is 13.2 Å². The summed E-state index contributed by atoms with van der Waals surface area (Å²) in [5.74, 6) is 1.75. The van der Waals surface area contributed by atoms with E-state index in [0.29, 0.717) is 33.8 Å². The zero-order valence-corrected chi connectivity index (χ0v) is 27.3. The van der Waals surface area contributed by atoms with Crippen LogP contribution in [0.4, 0.5) is 5.69 Å². The first kappa shape index (κ1) is 30.6. The third kappa shape index (κ3) is 6.45. The number of nitrogens with one attached hydrogen (secondary N) is 1. The summed E-state index contributed by atoms with van der Waals surface area (Å²) in [4.78, 5) is 16.7. The number of hydrogen-bond donors (Lipinski definition) is 1. The van der Waals surface area contributed by atoms with Crippen molar-refractivity contribution in [1.82, 2.24) is 14.3 Å². The number of imidazole rings is 1. The van der Waals surface area contributed by atoms with Crippen molar-refractivity contribution in [2.45, 2.75) is 38.5 Å². The number of aromatic nitrogens is 2. The Morgan fingerprint density at radius 2 is 1.61 bits per heavy atom. The largest absolute Gasteiger partial charge is 0.493 e. The number of anilines is 1. The first-order valence-corrected chi connectivity index (χ1v) is 17.5. The minimum atomic E-state index is -3.90. The molecule has 1 saturated carbocycles. The fraction of sp³-hybridized carbons (Fsp3) is 0.257. The standard InChI is InChI=1S/C35H32Cl2N4O4S/c36-27-9-15-31(32(37)19-27)33-20-40(28-10-12-29(13-11-28)41-21-35(42)39-46(41,43)44)34(38-33)17-24-6-7-26-18-30(14-8-25(26)16-24)45-22-23-4-2-1-3-5-23/h6-16,18-20,23H,1-5,17,21-22H2,(H,39,42). The molecule has 2 heterocycles. The van der Waals surface area contributed by atoms with Crippen molar-refractivity contribution >= 4 is 55.8 Å². The number of nitrogens with zero attached hydrogens (tertiary/aromatic N) is 3. The molecule has 1 saturated heterocycles. The minimum Gasteiger partial charge on any atom is -0.493 e. The van der Waals surface area contributed by atoms with Gasteiger partial charge in [0.2, 0.25) is 0 Å². The lowest BCUT2D eigenvalue weighted by molar-refractivity contribution is -0.117. The van der Waals surface area contributed by atoms with Crippen LogP contribution in [0.25, 0.3) is 27.7 Å². The fourth-order valence-electron chi connectivity index (χ4n) is 6.27. The highest BCUT2D eigenvalue weighted by atomic mass is 35.5. The van der Waals surface area contributed by atoms with Crippen LogP contribution in [0.1, 0.15) is 43.5 Å². The first-order chi connectivity index (χ1) is 22.2. The average molecular weight is 676 g/mol. The van der Waals surface area contributed by atoms with Gasteiger partial charge in [-0.3, -0.25) is 4.79 Å². The number of carbonyl (C=O) groups is 1. The Bertz CT molecular complexity index is 2040. The minimum absolute atomic E-state index is 0.257. The van der Waals surface area contributed by atoms with Gasteiger partial charge < -0.3 is 9.30 Å². The molecular weight excluding hydrogens is 643 g/mol. The Kier molecular flexibility index (Phi) is 8.40. The van der Waals surface area contributed by atoms with Crippen molar-refractivity contribution in [3.63, 3.8) is 0 Å². The molecule has 11 heteroatoms. The molecule has 46 heavy (non-hydrogen) atoms. The number of ether oxygens (including phenoxy) is 1. The second kappa shape index (κ2) is 12.6. The maximum atomic E-state index is 12.4. The molecule has 0 atom stereocenters. The van der Waals surface area contributed by atoms with Crippen LogP contribution in [0.5, 0.6) is 5.75 Å². The molecule has 5 aromatic rings. The molecule has 1 aliphatic heterocycles. The second-order valence-electron chi connectivity index (χ2n) is 11.9. The summed E-state index contributed by atoms with van der Waals surface area (Å²) in [7, 11) is -3.90. The van der Waals surface area contributed by atoms with Crippen LogP contribution in [0.2, 0.25) is 10.0 Å². The lowest BCUT2D eigenvalue weighted by atomic mass is 9.90. The topological polar surface area (TPSA) is 93.5 Å². The Morgan fingerprint density at radius 3 is 2.35 bits per heavy atom. The molecule has 8 nitrogen and oxygen atoms in total. The van der Waals surface area contributed by atoms with E-state index in [2.05, 4.69) is 30.3 Å². The number of rotatable bonds is 8. The van der Waals surface area contributed by atoms with Crippen molar-refractivity contribution in [1.29, 1.82) is 0 Å². The van der Waals surface area contributed by atoms with E-state index in [4.69, 9.17) is 32.9 Å². The van der Waals surface area contributed by atoms with Gasteiger partial charge in [0.25, 0.3) is 5.91 Å². The van der Waals surface area contributed by atoms with Gasteiger partial charge in [0.05, 0.1) is 23.0 Å².